The van der Waals surface area contributed by atoms with E-state index in [-0.39, 0.29) is 0 Å². The van der Waals surface area contributed by atoms with Crippen molar-refractivity contribution in [1.29, 1.82) is 0 Å². The van der Waals surface area contributed by atoms with Crippen molar-refractivity contribution in [1.82, 2.24) is 0 Å². The molecule has 0 heterocycles. The summed E-state index contributed by atoms with van der Waals surface area (Å²) < 4.78 is 0. The van der Waals surface area contributed by atoms with Crippen molar-refractivity contribution in [2.24, 2.45) is 5.92 Å². The molecule has 0 saturated heterocycles. The van der Waals surface area contributed by atoms with Gasteiger partial charge >= 0.3 is 0 Å². The number of alkyl halides is 1. The molecule has 9 heavy (non-hydrogen) atoms. The third-order valence-corrected chi connectivity index (χ3v) is 4.25. The second-order valence-electron chi connectivity index (χ2n) is 4.02. The molecule has 0 saturated carbocycles. The van der Waals surface area contributed by atoms with Gasteiger partial charge in [-0.15, -0.1) is 0 Å². The molecule has 2 heteroatoms. The highest BCUT2D eigenvalue weighted by molar-refractivity contribution is 9.09. The predicted octanol–water partition coefficient (Wildman–Crippen LogP) is 3.36. The summed E-state index contributed by atoms with van der Waals surface area (Å²) in [6.07, 6.45) is 0. The van der Waals surface area contributed by atoms with Gasteiger partial charge in [0.15, 0.2) is 0 Å². The van der Waals surface area contributed by atoms with E-state index in [2.05, 4.69) is 42.5 Å². The van der Waals surface area contributed by atoms with Crippen LogP contribution in [0.15, 0.2) is 0 Å². The van der Waals surface area contributed by atoms with Crippen molar-refractivity contribution in [2.75, 3.05) is 5.33 Å². The molecular weight excluding hydrogens is 192 g/mol. The van der Waals surface area contributed by atoms with E-state index in [1.165, 1.54) is 6.04 Å². The highest BCUT2D eigenvalue weighted by Crippen LogP contribution is 2.17. The molecule has 56 valence electrons. The fourth-order valence-corrected chi connectivity index (χ4v) is 3.99. The zero-order valence-electron chi connectivity index (χ0n) is 6.87. The topological polar surface area (TPSA) is 0 Å². The van der Waals surface area contributed by atoms with Gasteiger partial charge in [-0.25, -0.2) is 0 Å². The Bertz CT molecular complexity index is 75.5. The van der Waals surface area contributed by atoms with Crippen LogP contribution in [0.3, 0.4) is 0 Å². The molecule has 0 aromatic carbocycles. The molecule has 0 aliphatic carbocycles. The van der Waals surface area contributed by atoms with E-state index in [1.807, 2.05) is 0 Å². The molecule has 0 rings (SSSR count). The highest BCUT2D eigenvalue weighted by Gasteiger charge is 2.15. The van der Waals surface area contributed by atoms with Crippen molar-refractivity contribution in [3.05, 3.63) is 0 Å². The van der Waals surface area contributed by atoms with Crippen LogP contribution in [0.1, 0.15) is 6.92 Å². The second kappa shape index (κ2) is 3.77. The van der Waals surface area contributed by atoms with Crippen LogP contribution >= 0.6 is 15.9 Å². The maximum atomic E-state index is 3.49. The average molecular weight is 209 g/mol. The van der Waals surface area contributed by atoms with Gasteiger partial charge in [-0.1, -0.05) is 48.5 Å². The summed E-state index contributed by atoms with van der Waals surface area (Å²) in [7, 11) is -0.771. The Morgan fingerprint density at radius 3 is 1.89 bits per heavy atom. The maximum Gasteiger partial charge on any atom is 0.0445 e. The zero-order chi connectivity index (χ0) is 7.49. The molecule has 0 aromatic rings. The van der Waals surface area contributed by atoms with E-state index in [0.717, 1.165) is 11.2 Å². The molecule has 0 aliphatic heterocycles. The number of hydrogen-bond acceptors (Lipinski definition) is 0. The summed E-state index contributed by atoms with van der Waals surface area (Å²) in [6.45, 7) is 9.58. The lowest BCUT2D eigenvalue weighted by molar-refractivity contribution is 0.739. The summed E-state index contributed by atoms with van der Waals surface area (Å²) in [4.78, 5) is 0. The lowest BCUT2D eigenvalue weighted by Crippen LogP contribution is -2.23. The van der Waals surface area contributed by atoms with Gasteiger partial charge in [0, 0.05) is 13.4 Å². The SMILES string of the molecule is CC(CBr)C[Si](C)(C)C. The van der Waals surface area contributed by atoms with Crippen LogP contribution in [-0.4, -0.2) is 13.4 Å². The van der Waals surface area contributed by atoms with Crippen LogP contribution in [0.2, 0.25) is 25.7 Å². The third-order valence-electron chi connectivity index (χ3n) is 1.22. The van der Waals surface area contributed by atoms with Crippen molar-refractivity contribution in [2.45, 2.75) is 32.6 Å². The van der Waals surface area contributed by atoms with Crippen LogP contribution < -0.4 is 0 Å². The first-order valence-corrected chi connectivity index (χ1v) is 8.34. The maximum absolute atomic E-state index is 3.49. The molecule has 0 fully saturated rings. The van der Waals surface area contributed by atoms with Gasteiger partial charge in [0.25, 0.3) is 0 Å². The normalized spacial score (nSPS) is 15.7. The smallest absolute Gasteiger partial charge is 0.0445 e. The summed E-state index contributed by atoms with van der Waals surface area (Å²) in [6, 6.07) is 1.44. The molecule has 1 atom stereocenters. The van der Waals surface area contributed by atoms with Gasteiger partial charge < -0.3 is 0 Å². The van der Waals surface area contributed by atoms with Crippen LogP contribution in [0, 0.1) is 5.92 Å². The monoisotopic (exact) mass is 208 g/mol. The quantitative estimate of drug-likeness (QED) is 0.494. The van der Waals surface area contributed by atoms with Gasteiger partial charge in [-0.05, 0) is 5.92 Å². The van der Waals surface area contributed by atoms with Crippen molar-refractivity contribution in [3.8, 4) is 0 Å². The van der Waals surface area contributed by atoms with Gasteiger partial charge in [0.2, 0.25) is 0 Å². The third kappa shape index (κ3) is 6.58. The summed E-state index contributed by atoms with van der Waals surface area (Å²) in [5.41, 5.74) is 0. The Morgan fingerprint density at radius 1 is 1.33 bits per heavy atom. The van der Waals surface area contributed by atoms with Gasteiger partial charge in [0.1, 0.15) is 0 Å². The molecule has 0 bridgehead atoms. The molecule has 0 N–H and O–H groups in total. The largest absolute Gasteiger partial charge is 0.0925 e. The fourth-order valence-electron chi connectivity index (χ4n) is 1.10. The molecule has 0 aliphatic rings. The minimum absolute atomic E-state index is 0.771. The van der Waals surface area contributed by atoms with Gasteiger partial charge in [-0.2, -0.15) is 0 Å². The highest BCUT2D eigenvalue weighted by atomic mass is 79.9. The van der Waals surface area contributed by atoms with Crippen molar-refractivity contribution < 1.29 is 0 Å². The van der Waals surface area contributed by atoms with Crippen LogP contribution in [0.25, 0.3) is 0 Å². The van der Waals surface area contributed by atoms with Crippen molar-refractivity contribution in [3.63, 3.8) is 0 Å². The Hall–Kier alpha value is 0.697. The van der Waals surface area contributed by atoms with E-state index in [0.29, 0.717) is 0 Å². The summed E-state index contributed by atoms with van der Waals surface area (Å²) in [5, 5.41) is 1.16. The summed E-state index contributed by atoms with van der Waals surface area (Å²) >= 11 is 3.49. The van der Waals surface area contributed by atoms with E-state index in [4.69, 9.17) is 0 Å². The minimum Gasteiger partial charge on any atom is -0.0925 e. The predicted molar refractivity (Wildman–Crippen MR) is 51.1 cm³/mol. The van der Waals surface area contributed by atoms with E-state index in [1.54, 1.807) is 0 Å². The van der Waals surface area contributed by atoms with E-state index >= 15 is 0 Å². The molecule has 0 spiro atoms. The molecule has 0 radical (unpaired) electrons. The first kappa shape index (κ1) is 9.70. The Labute approximate surface area is 68.2 Å². The number of hydrogen-bond donors (Lipinski definition) is 0. The van der Waals surface area contributed by atoms with E-state index < -0.39 is 8.07 Å². The van der Waals surface area contributed by atoms with Gasteiger partial charge in [0.05, 0.1) is 0 Å². The Balaban J connectivity index is 3.47. The lowest BCUT2D eigenvalue weighted by Gasteiger charge is -2.19. The molecule has 0 amide bonds. The first-order chi connectivity index (χ1) is 3.95. The number of rotatable bonds is 3. The fraction of sp³-hybridized carbons (Fsp3) is 1.00. The van der Waals surface area contributed by atoms with Crippen molar-refractivity contribution >= 4 is 24.0 Å². The zero-order valence-corrected chi connectivity index (χ0v) is 9.46. The van der Waals surface area contributed by atoms with Gasteiger partial charge in [-0.3, -0.25) is 0 Å². The molecule has 0 nitrogen and oxygen atoms in total. The molecule has 0 aromatic heterocycles. The Kier molecular flexibility index (Phi) is 4.06. The van der Waals surface area contributed by atoms with E-state index in [9.17, 15) is 0 Å². The number of halogens is 1. The average Bonchev–Trinajstić information content (AvgIpc) is 1.62. The van der Waals surface area contributed by atoms with Crippen LogP contribution in [0.5, 0.6) is 0 Å². The summed E-state index contributed by atoms with van der Waals surface area (Å²) in [5.74, 6) is 0.872. The Morgan fingerprint density at radius 2 is 1.78 bits per heavy atom. The second-order valence-corrected chi connectivity index (χ2v) is 10.2. The molecular formula is C7H17BrSi. The standard InChI is InChI=1S/C7H17BrSi/c1-7(5-8)6-9(2,3)4/h7H,5-6H2,1-4H3. The first-order valence-electron chi connectivity index (χ1n) is 3.51. The van der Waals surface area contributed by atoms with Crippen LogP contribution in [-0.2, 0) is 0 Å². The minimum atomic E-state index is -0.771. The molecule has 1 unspecified atom stereocenters. The lowest BCUT2D eigenvalue weighted by atomic mass is 10.3. The van der Waals surface area contributed by atoms with Crippen LogP contribution in [0.4, 0.5) is 0 Å².